The average Bonchev–Trinajstić information content (AvgIpc) is 2.64. The molecule has 0 spiro atoms. The molecular weight excluding hydrogens is 348 g/mol. The van der Waals surface area contributed by atoms with Crippen LogP contribution in [-0.2, 0) is 9.53 Å². The van der Waals surface area contributed by atoms with Crippen molar-refractivity contribution < 1.29 is 32.6 Å². The molecule has 0 aromatic heterocycles. The highest BCUT2D eigenvalue weighted by atomic mass is 19.1. The predicted octanol–water partition coefficient (Wildman–Crippen LogP) is 2.13. The molecule has 0 saturated carbocycles. The van der Waals surface area contributed by atoms with Crippen LogP contribution in [-0.4, -0.2) is 37.9 Å². The Morgan fingerprint density at radius 1 is 1.04 bits per heavy atom. The van der Waals surface area contributed by atoms with E-state index in [-0.39, 0.29) is 16.9 Å². The molecule has 136 valence electrons. The number of ketones is 1. The summed E-state index contributed by atoms with van der Waals surface area (Å²) in [5.74, 6) is -3.28. The van der Waals surface area contributed by atoms with Crippen molar-refractivity contribution in [3.63, 3.8) is 0 Å². The van der Waals surface area contributed by atoms with Crippen LogP contribution < -0.4 is 10.1 Å². The second-order valence-corrected chi connectivity index (χ2v) is 5.12. The van der Waals surface area contributed by atoms with Gasteiger partial charge < -0.3 is 14.8 Å². The normalized spacial score (nSPS) is 10.1. The molecule has 0 aliphatic heterocycles. The summed E-state index contributed by atoms with van der Waals surface area (Å²) in [6.07, 6.45) is 0. The summed E-state index contributed by atoms with van der Waals surface area (Å²) in [5.41, 5.74) is -0.0255. The summed E-state index contributed by atoms with van der Waals surface area (Å²) < 4.78 is 36.0. The number of benzene rings is 2. The van der Waals surface area contributed by atoms with E-state index in [9.17, 15) is 23.2 Å². The van der Waals surface area contributed by atoms with Gasteiger partial charge in [0.2, 0.25) is 5.78 Å². The van der Waals surface area contributed by atoms with Crippen molar-refractivity contribution in [2.45, 2.75) is 0 Å². The summed E-state index contributed by atoms with van der Waals surface area (Å²) >= 11 is 0. The predicted molar refractivity (Wildman–Crippen MR) is 87.0 cm³/mol. The quantitative estimate of drug-likeness (QED) is 0.602. The molecule has 0 aliphatic rings. The number of ether oxygens (including phenoxy) is 2. The molecule has 1 N–H and O–H groups in total. The van der Waals surface area contributed by atoms with Gasteiger partial charge in [-0.25, -0.2) is 8.78 Å². The van der Waals surface area contributed by atoms with Crippen molar-refractivity contribution in [3.05, 3.63) is 65.2 Å². The van der Waals surface area contributed by atoms with Crippen molar-refractivity contribution in [2.24, 2.45) is 0 Å². The van der Waals surface area contributed by atoms with Crippen LogP contribution in [0.4, 0.5) is 8.78 Å². The highest BCUT2D eigenvalue weighted by Gasteiger charge is 2.16. The molecule has 8 heteroatoms. The fourth-order valence-electron chi connectivity index (χ4n) is 2.06. The monoisotopic (exact) mass is 363 g/mol. The van der Waals surface area contributed by atoms with E-state index in [1.165, 1.54) is 31.4 Å². The minimum atomic E-state index is -0.876. The van der Waals surface area contributed by atoms with Crippen LogP contribution >= 0.6 is 0 Å². The summed E-state index contributed by atoms with van der Waals surface area (Å²) in [5, 5.41) is 2.24. The molecule has 2 aromatic carbocycles. The number of hydrogen-bond donors (Lipinski definition) is 1. The molecule has 0 unspecified atom stereocenters. The Morgan fingerprint density at radius 2 is 1.77 bits per heavy atom. The first-order chi connectivity index (χ1) is 12.4. The van der Waals surface area contributed by atoms with Gasteiger partial charge in [-0.3, -0.25) is 14.4 Å². The molecule has 0 atom stereocenters. The van der Waals surface area contributed by atoms with E-state index in [1.807, 2.05) is 0 Å². The number of hydrogen-bond acceptors (Lipinski definition) is 5. The van der Waals surface area contributed by atoms with Gasteiger partial charge in [-0.2, -0.15) is 0 Å². The van der Waals surface area contributed by atoms with Crippen LogP contribution in [0.3, 0.4) is 0 Å². The van der Waals surface area contributed by atoms with E-state index >= 15 is 0 Å². The average molecular weight is 363 g/mol. The third-order valence-corrected chi connectivity index (χ3v) is 3.31. The molecule has 0 heterocycles. The van der Waals surface area contributed by atoms with Crippen molar-refractivity contribution in [2.75, 3.05) is 20.3 Å². The van der Waals surface area contributed by atoms with Gasteiger partial charge >= 0.3 is 5.97 Å². The van der Waals surface area contributed by atoms with Gasteiger partial charge in [0.25, 0.3) is 5.91 Å². The Bertz CT molecular complexity index is 838. The molecule has 6 nitrogen and oxygen atoms in total. The second kappa shape index (κ2) is 8.70. The van der Waals surface area contributed by atoms with Crippen LogP contribution in [0.15, 0.2) is 42.5 Å². The van der Waals surface area contributed by atoms with E-state index < -0.39 is 42.4 Å². The molecule has 2 rings (SSSR count). The molecule has 0 radical (unpaired) electrons. The molecule has 26 heavy (non-hydrogen) atoms. The van der Waals surface area contributed by atoms with Crippen LogP contribution in [0, 0.1) is 11.6 Å². The van der Waals surface area contributed by atoms with Crippen molar-refractivity contribution in [3.8, 4) is 5.75 Å². The Kier molecular flexibility index (Phi) is 6.37. The molecule has 2 aromatic rings. The minimum absolute atomic E-state index is 0.0402. The van der Waals surface area contributed by atoms with Gasteiger partial charge in [-0.15, -0.1) is 0 Å². The molecule has 0 bridgehead atoms. The van der Waals surface area contributed by atoms with E-state index in [0.717, 1.165) is 18.2 Å². The number of methoxy groups -OCH3 is 1. The molecule has 0 fully saturated rings. The topological polar surface area (TPSA) is 81.7 Å². The number of carbonyl (C=O) groups is 3. The van der Waals surface area contributed by atoms with Gasteiger partial charge in [0.05, 0.1) is 12.7 Å². The SMILES string of the molecule is COc1ccc(F)cc1C(=O)COC(=O)CNC(=O)c1cccc(F)c1. The first-order valence-electron chi connectivity index (χ1n) is 7.47. The van der Waals surface area contributed by atoms with Gasteiger partial charge in [0.15, 0.2) is 6.61 Å². The number of amides is 1. The summed E-state index contributed by atoms with van der Waals surface area (Å²) in [7, 11) is 1.32. The zero-order valence-electron chi connectivity index (χ0n) is 13.8. The van der Waals surface area contributed by atoms with Gasteiger partial charge in [-0.1, -0.05) is 6.07 Å². The Morgan fingerprint density at radius 3 is 2.46 bits per heavy atom. The number of carbonyl (C=O) groups excluding carboxylic acids is 3. The van der Waals surface area contributed by atoms with Gasteiger partial charge in [0.1, 0.15) is 23.9 Å². The number of esters is 1. The molecular formula is C18H15F2NO5. The zero-order chi connectivity index (χ0) is 19.1. The standard InChI is InChI=1S/C18H15F2NO5/c1-25-16-6-5-13(20)8-14(16)15(22)10-26-17(23)9-21-18(24)11-3-2-4-12(19)7-11/h2-8H,9-10H2,1H3,(H,21,24). The number of Topliss-reactive ketones (excluding diaryl/α,β-unsaturated/α-hetero) is 1. The minimum Gasteiger partial charge on any atom is -0.496 e. The zero-order valence-corrected chi connectivity index (χ0v) is 13.8. The highest BCUT2D eigenvalue weighted by molar-refractivity contribution is 6.00. The second-order valence-electron chi connectivity index (χ2n) is 5.12. The van der Waals surface area contributed by atoms with Crippen molar-refractivity contribution >= 4 is 17.7 Å². The largest absolute Gasteiger partial charge is 0.496 e. The van der Waals surface area contributed by atoms with E-state index in [1.54, 1.807) is 0 Å². The molecule has 0 saturated heterocycles. The summed E-state index contributed by atoms with van der Waals surface area (Å²) in [6.45, 7) is -1.16. The van der Waals surface area contributed by atoms with Crippen molar-refractivity contribution in [1.82, 2.24) is 5.32 Å². The molecule has 0 aliphatic carbocycles. The van der Waals surface area contributed by atoms with E-state index in [4.69, 9.17) is 9.47 Å². The lowest BCUT2D eigenvalue weighted by molar-refractivity contribution is -0.141. The van der Waals surface area contributed by atoms with Crippen molar-refractivity contribution in [1.29, 1.82) is 0 Å². The third kappa shape index (κ3) is 5.10. The number of halogens is 2. The smallest absolute Gasteiger partial charge is 0.325 e. The van der Waals surface area contributed by atoms with Gasteiger partial charge in [0, 0.05) is 5.56 Å². The van der Waals surface area contributed by atoms with Crippen LogP contribution in [0.5, 0.6) is 5.75 Å². The Labute approximate surface area is 147 Å². The fraction of sp³-hybridized carbons (Fsp3) is 0.167. The first kappa shape index (κ1) is 19.0. The van der Waals surface area contributed by atoms with Crippen LogP contribution in [0.1, 0.15) is 20.7 Å². The third-order valence-electron chi connectivity index (χ3n) is 3.31. The summed E-state index contributed by atoms with van der Waals surface area (Å²) in [4.78, 5) is 35.4. The Balaban J connectivity index is 1.86. The molecule has 1 amide bonds. The van der Waals surface area contributed by atoms with Gasteiger partial charge in [-0.05, 0) is 36.4 Å². The maximum absolute atomic E-state index is 13.3. The highest BCUT2D eigenvalue weighted by Crippen LogP contribution is 2.19. The Hall–Kier alpha value is -3.29. The summed E-state index contributed by atoms with van der Waals surface area (Å²) in [6, 6.07) is 8.31. The first-order valence-corrected chi connectivity index (χ1v) is 7.47. The lowest BCUT2D eigenvalue weighted by Gasteiger charge is -2.09. The van der Waals surface area contributed by atoms with Crippen LogP contribution in [0.2, 0.25) is 0 Å². The van der Waals surface area contributed by atoms with E-state index in [0.29, 0.717) is 0 Å². The fourth-order valence-corrected chi connectivity index (χ4v) is 2.06. The van der Waals surface area contributed by atoms with E-state index in [2.05, 4.69) is 5.32 Å². The number of rotatable bonds is 7. The maximum Gasteiger partial charge on any atom is 0.325 e. The maximum atomic E-state index is 13.3. The lowest BCUT2D eigenvalue weighted by Crippen LogP contribution is -2.31. The lowest BCUT2D eigenvalue weighted by atomic mass is 10.1. The van der Waals surface area contributed by atoms with Crippen LogP contribution in [0.25, 0.3) is 0 Å². The number of nitrogens with one attached hydrogen (secondary N) is 1.